The summed E-state index contributed by atoms with van der Waals surface area (Å²) in [6.07, 6.45) is -4.02. The molecule has 0 spiro atoms. The molecule has 0 aliphatic rings. The molecule has 0 bridgehead atoms. The first-order valence-electron chi connectivity index (χ1n) is 3.82. The summed E-state index contributed by atoms with van der Waals surface area (Å²) >= 11 is 5.29. The van der Waals surface area contributed by atoms with Crippen molar-refractivity contribution in [1.29, 1.82) is 0 Å². The molecule has 0 heterocycles. The average Bonchev–Trinajstić information content (AvgIpc) is 2.18. The number of hydrogen-bond donors (Lipinski definition) is 0. The molecule has 1 atom stereocenters. The zero-order valence-corrected chi connectivity index (χ0v) is 8.01. The molecule has 0 fully saturated rings. The highest BCUT2D eigenvalue weighted by Crippen LogP contribution is 2.45. The maximum absolute atomic E-state index is 12.6. The summed E-state index contributed by atoms with van der Waals surface area (Å²) in [6, 6.07) is 6.56. The fraction of sp³-hybridized carbons (Fsp3) is 0.222. The Hall–Kier alpha value is -1.32. The van der Waals surface area contributed by atoms with Gasteiger partial charge in [0.1, 0.15) is 0 Å². The van der Waals surface area contributed by atoms with E-state index in [2.05, 4.69) is 4.99 Å². The third-order valence-corrected chi connectivity index (χ3v) is 2.25. The van der Waals surface area contributed by atoms with E-state index >= 15 is 0 Å². The van der Waals surface area contributed by atoms with E-state index in [0.29, 0.717) is 0 Å². The molecule has 0 N–H and O–H groups in total. The molecular formula is C9H5ClF3NO. The molecule has 0 radical (unpaired) electrons. The monoisotopic (exact) mass is 235 g/mol. The van der Waals surface area contributed by atoms with Crippen LogP contribution in [0, 0.1) is 0 Å². The summed E-state index contributed by atoms with van der Waals surface area (Å²) in [7, 11) is 0. The van der Waals surface area contributed by atoms with Crippen LogP contribution < -0.4 is 0 Å². The van der Waals surface area contributed by atoms with E-state index in [1.165, 1.54) is 18.2 Å². The van der Waals surface area contributed by atoms with E-state index in [-0.39, 0.29) is 5.56 Å². The summed E-state index contributed by atoms with van der Waals surface area (Å²) in [5.74, 6) is 0. The second-order valence-corrected chi connectivity index (χ2v) is 3.24. The van der Waals surface area contributed by atoms with Gasteiger partial charge in [-0.05, 0) is 0 Å². The van der Waals surface area contributed by atoms with E-state index in [1.54, 1.807) is 0 Å². The maximum Gasteiger partial charge on any atom is 0.432 e. The van der Waals surface area contributed by atoms with Crippen LogP contribution in [0.15, 0.2) is 35.3 Å². The quantitative estimate of drug-likeness (QED) is 0.335. The van der Waals surface area contributed by atoms with Gasteiger partial charge in [0.2, 0.25) is 6.08 Å². The van der Waals surface area contributed by atoms with Crippen LogP contribution in [0.2, 0.25) is 0 Å². The van der Waals surface area contributed by atoms with E-state index < -0.39 is 11.2 Å². The highest BCUT2D eigenvalue weighted by atomic mass is 35.5. The Morgan fingerprint density at radius 1 is 1.20 bits per heavy atom. The molecule has 0 aromatic heterocycles. The minimum Gasteiger partial charge on any atom is -0.211 e. The van der Waals surface area contributed by atoms with Crippen LogP contribution >= 0.6 is 11.6 Å². The molecule has 2 nitrogen and oxygen atoms in total. The normalized spacial score (nSPS) is 15.2. The minimum absolute atomic E-state index is 0.317. The van der Waals surface area contributed by atoms with Crippen molar-refractivity contribution in [3.63, 3.8) is 0 Å². The largest absolute Gasteiger partial charge is 0.432 e. The van der Waals surface area contributed by atoms with Gasteiger partial charge in [-0.25, -0.2) is 4.79 Å². The topological polar surface area (TPSA) is 29.4 Å². The highest BCUT2D eigenvalue weighted by Gasteiger charge is 2.55. The first-order chi connectivity index (χ1) is 6.92. The van der Waals surface area contributed by atoms with Gasteiger partial charge in [0, 0.05) is 5.56 Å². The number of halogens is 4. The molecule has 0 unspecified atom stereocenters. The maximum atomic E-state index is 12.6. The molecule has 6 heteroatoms. The van der Waals surface area contributed by atoms with Gasteiger partial charge in [-0.1, -0.05) is 41.9 Å². The summed E-state index contributed by atoms with van der Waals surface area (Å²) in [6.45, 7) is 0. The summed E-state index contributed by atoms with van der Waals surface area (Å²) < 4.78 is 37.7. The number of rotatable bonds is 2. The number of benzene rings is 1. The van der Waals surface area contributed by atoms with Crippen molar-refractivity contribution in [2.75, 3.05) is 0 Å². The molecule has 0 saturated heterocycles. The van der Waals surface area contributed by atoms with Crippen LogP contribution in [-0.4, -0.2) is 12.3 Å². The van der Waals surface area contributed by atoms with Crippen molar-refractivity contribution in [3.05, 3.63) is 35.9 Å². The van der Waals surface area contributed by atoms with Crippen molar-refractivity contribution in [2.24, 2.45) is 4.99 Å². The molecule has 1 rings (SSSR count). The fourth-order valence-electron chi connectivity index (χ4n) is 1.01. The number of aliphatic imine (C=N–C) groups is 1. The minimum atomic E-state index is -4.85. The lowest BCUT2D eigenvalue weighted by Gasteiger charge is -2.23. The van der Waals surface area contributed by atoms with Crippen LogP contribution in [0.4, 0.5) is 13.2 Å². The smallest absolute Gasteiger partial charge is 0.211 e. The van der Waals surface area contributed by atoms with Gasteiger partial charge < -0.3 is 0 Å². The molecule has 1 aromatic rings. The first kappa shape index (κ1) is 11.8. The predicted molar refractivity (Wildman–Crippen MR) is 48.1 cm³/mol. The van der Waals surface area contributed by atoms with Gasteiger partial charge >= 0.3 is 6.18 Å². The molecule has 0 aliphatic carbocycles. The van der Waals surface area contributed by atoms with Crippen molar-refractivity contribution >= 4 is 17.7 Å². The number of nitrogens with zero attached hydrogens (tertiary/aromatic N) is 1. The zero-order valence-electron chi connectivity index (χ0n) is 7.25. The number of carbonyl (C=O) groups excluding carboxylic acids is 1. The molecule has 80 valence electrons. The van der Waals surface area contributed by atoms with Crippen LogP contribution in [0.5, 0.6) is 0 Å². The van der Waals surface area contributed by atoms with Gasteiger partial charge in [0.05, 0.1) is 0 Å². The Morgan fingerprint density at radius 3 is 2.13 bits per heavy atom. The lowest BCUT2D eigenvalue weighted by molar-refractivity contribution is -0.162. The average molecular weight is 236 g/mol. The number of alkyl halides is 4. The molecular weight excluding hydrogens is 231 g/mol. The lowest BCUT2D eigenvalue weighted by Crippen LogP contribution is -2.35. The Kier molecular flexibility index (Phi) is 3.17. The summed E-state index contributed by atoms with van der Waals surface area (Å²) in [4.78, 5) is 9.55. The van der Waals surface area contributed by atoms with Gasteiger partial charge in [0.25, 0.3) is 5.00 Å². The van der Waals surface area contributed by atoms with Crippen LogP contribution in [0.1, 0.15) is 5.56 Å². The lowest BCUT2D eigenvalue weighted by atomic mass is 10.1. The predicted octanol–water partition coefficient (Wildman–Crippen LogP) is 2.98. The fourth-order valence-corrected chi connectivity index (χ4v) is 1.17. The second kappa shape index (κ2) is 4.04. The Labute approximate surface area is 88.4 Å². The zero-order chi connectivity index (χ0) is 11.5. The first-order valence-corrected chi connectivity index (χ1v) is 4.20. The van der Waals surface area contributed by atoms with E-state index in [0.717, 1.165) is 18.2 Å². The van der Waals surface area contributed by atoms with Gasteiger partial charge in [-0.2, -0.15) is 18.2 Å². The summed E-state index contributed by atoms with van der Waals surface area (Å²) in [5.41, 5.74) is -0.317. The number of isocyanates is 1. The number of hydrogen-bond acceptors (Lipinski definition) is 2. The Morgan fingerprint density at radius 2 is 1.73 bits per heavy atom. The van der Waals surface area contributed by atoms with Crippen molar-refractivity contribution in [3.8, 4) is 0 Å². The molecule has 0 amide bonds. The highest BCUT2D eigenvalue weighted by molar-refractivity contribution is 6.24. The van der Waals surface area contributed by atoms with Gasteiger partial charge in [-0.3, -0.25) is 0 Å². The van der Waals surface area contributed by atoms with Crippen molar-refractivity contribution in [2.45, 2.75) is 11.2 Å². The van der Waals surface area contributed by atoms with Crippen LogP contribution in [0.3, 0.4) is 0 Å². The van der Waals surface area contributed by atoms with Gasteiger partial charge in [0.15, 0.2) is 0 Å². The van der Waals surface area contributed by atoms with Crippen LogP contribution in [-0.2, 0) is 9.79 Å². The molecule has 1 aromatic carbocycles. The summed E-state index contributed by atoms with van der Waals surface area (Å²) in [5, 5.41) is 0. The third kappa shape index (κ3) is 2.19. The molecule has 15 heavy (non-hydrogen) atoms. The van der Waals surface area contributed by atoms with E-state index in [4.69, 9.17) is 11.6 Å². The third-order valence-electron chi connectivity index (χ3n) is 1.73. The van der Waals surface area contributed by atoms with Crippen molar-refractivity contribution < 1.29 is 18.0 Å². The second-order valence-electron chi connectivity index (χ2n) is 2.69. The Balaban J connectivity index is 3.32. The Bertz CT molecular complexity index is 386. The van der Waals surface area contributed by atoms with Crippen molar-refractivity contribution in [1.82, 2.24) is 0 Å². The molecule has 0 aliphatic heterocycles. The SMILES string of the molecule is O=C=N[C@@](Cl)(c1ccccc1)C(F)(F)F. The van der Waals surface area contributed by atoms with E-state index in [9.17, 15) is 18.0 Å². The molecule has 0 saturated carbocycles. The van der Waals surface area contributed by atoms with Crippen LogP contribution in [0.25, 0.3) is 0 Å². The van der Waals surface area contributed by atoms with Gasteiger partial charge in [-0.15, -0.1) is 0 Å². The van der Waals surface area contributed by atoms with E-state index in [1.807, 2.05) is 0 Å². The standard InChI is InChI=1S/C9H5ClF3NO/c10-8(14-6-15,9(11,12)13)7-4-2-1-3-5-7/h1-5H/t8-/m0/s1.